The summed E-state index contributed by atoms with van der Waals surface area (Å²) in [4.78, 5) is 4.74. The minimum Gasteiger partial charge on any atom is -0.491 e. The molecule has 1 aromatic carbocycles. The average molecular weight is 322 g/mol. The molecule has 0 spiro atoms. The van der Waals surface area contributed by atoms with Gasteiger partial charge in [-0.25, -0.2) is 0 Å². The van der Waals surface area contributed by atoms with Crippen LogP contribution in [0.15, 0.2) is 11.1 Å². The summed E-state index contributed by atoms with van der Waals surface area (Å²) in [7, 11) is 1.74. The van der Waals surface area contributed by atoms with E-state index in [-0.39, 0.29) is 5.41 Å². The summed E-state index contributed by atoms with van der Waals surface area (Å²) in [5, 5.41) is 0.699. The Morgan fingerprint density at radius 2 is 2.09 bits per heavy atom. The summed E-state index contributed by atoms with van der Waals surface area (Å²) in [5.41, 5.74) is 3.92. The Kier molecular flexibility index (Phi) is 4.21. The van der Waals surface area contributed by atoms with Gasteiger partial charge in [-0.05, 0) is 35.4 Å². The van der Waals surface area contributed by atoms with E-state index in [1.807, 2.05) is 12.3 Å². The number of aliphatic imine (C=N–C) groups is 1. The third-order valence-electron chi connectivity index (χ3n) is 4.64. The Labute approximate surface area is 137 Å². The second-order valence-corrected chi connectivity index (χ2v) is 7.84. The zero-order valence-electron chi connectivity index (χ0n) is 13.8. The zero-order valence-corrected chi connectivity index (χ0v) is 14.5. The third kappa shape index (κ3) is 2.89. The zero-order chi connectivity index (χ0) is 15.9. The van der Waals surface area contributed by atoms with Gasteiger partial charge in [0.2, 0.25) is 0 Å². The van der Waals surface area contributed by atoms with Crippen LogP contribution in [0.4, 0.5) is 0 Å². The molecule has 2 aliphatic heterocycles. The van der Waals surface area contributed by atoms with Crippen LogP contribution in [0, 0.1) is 11.3 Å². The summed E-state index contributed by atoms with van der Waals surface area (Å²) in [6.45, 7) is 8.12. The molecule has 1 aromatic rings. The first-order valence-electron chi connectivity index (χ1n) is 7.89. The summed E-state index contributed by atoms with van der Waals surface area (Å²) in [6, 6.07) is 2.29. The highest BCUT2D eigenvalue weighted by molar-refractivity contribution is 6.32. The van der Waals surface area contributed by atoms with E-state index in [1.54, 1.807) is 7.11 Å². The van der Waals surface area contributed by atoms with E-state index in [2.05, 4.69) is 20.8 Å². The minimum absolute atomic E-state index is 0.155. The van der Waals surface area contributed by atoms with Crippen molar-refractivity contribution < 1.29 is 9.47 Å². The smallest absolute Gasteiger partial charge is 0.141 e. The lowest BCUT2D eigenvalue weighted by Crippen LogP contribution is -2.32. The van der Waals surface area contributed by atoms with Crippen molar-refractivity contribution in [2.45, 2.75) is 39.7 Å². The van der Waals surface area contributed by atoms with Gasteiger partial charge in [-0.15, -0.1) is 0 Å². The number of ether oxygens (including phenoxy) is 2. The molecular formula is C18H24ClNO2. The first-order chi connectivity index (χ1) is 10.4. The van der Waals surface area contributed by atoms with Crippen LogP contribution < -0.4 is 4.74 Å². The first kappa shape index (κ1) is 15.8. The summed E-state index contributed by atoms with van der Waals surface area (Å²) < 4.78 is 11.3. The molecule has 0 N–H and O–H groups in total. The standard InChI is InChI=1S/C18H24ClNO2/c1-18(2,3)16-7-13-12(8-20-16)6-15(19)17-14(13)5-11(9-21-4)10-22-17/h6,8,11,16H,5,7,9-10H2,1-4H3. The van der Waals surface area contributed by atoms with E-state index in [4.69, 9.17) is 26.1 Å². The fourth-order valence-electron chi connectivity index (χ4n) is 3.31. The van der Waals surface area contributed by atoms with Crippen LogP contribution >= 0.6 is 11.6 Å². The van der Waals surface area contributed by atoms with Crippen LogP contribution in [0.2, 0.25) is 5.02 Å². The van der Waals surface area contributed by atoms with Crippen molar-refractivity contribution in [3.05, 3.63) is 27.8 Å². The van der Waals surface area contributed by atoms with Crippen LogP contribution in [0.3, 0.4) is 0 Å². The predicted molar refractivity (Wildman–Crippen MR) is 90.6 cm³/mol. The van der Waals surface area contributed by atoms with Crippen LogP contribution in [-0.4, -0.2) is 32.6 Å². The second kappa shape index (κ2) is 5.86. The number of nitrogens with zero attached hydrogens (tertiary/aromatic N) is 1. The third-order valence-corrected chi connectivity index (χ3v) is 4.92. The van der Waals surface area contributed by atoms with E-state index in [1.165, 1.54) is 11.1 Å². The molecule has 22 heavy (non-hydrogen) atoms. The van der Waals surface area contributed by atoms with Crippen molar-refractivity contribution >= 4 is 17.8 Å². The molecule has 0 aromatic heterocycles. The highest BCUT2D eigenvalue weighted by Gasteiger charge is 2.32. The molecule has 0 saturated carbocycles. The maximum Gasteiger partial charge on any atom is 0.141 e. The summed E-state index contributed by atoms with van der Waals surface area (Å²) in [6.07, 6.45) is 3.91. The van der Waals surface area contributed by atoms with Crippen molar-refractivity contribution in [3.63, 3.8) is 0 Å². The molecule has 0 bridgehead atoms. The Morgan fingerprint density at radius 3 is 2.77 bits per heavy atom. The largest absolute Gasteiger partial charge is 0.491 e. The van der Waals surface area contributed by atoms with Crippen molar-refractivity contribution in [2.75, 3.05) is 20.3 Å². The molecule has 4 heteroatoms. The van der Waals surface area contributed by atoms with Gasteiger partial charge in [-0.3, -0.25) is 4.99 Å². The average Bonchev–Trinajstić information content (AvgIpc) is 2.46. The topological polar surface area (TPSA) is 30.8 Å². The van der Waals surface area contributed by atoms with E-state index in [9.17, 15) is 0 Å². The van der Waals surface area contributed by atoms with Gasteiger partial charge in [-0.1, -0.05) is 32.4 Å². The maximum atomic E-state index is 6.41. The number of benzene rings is 1. The molecule has 2 atom stereocenters. The SMILES string of the molecule is COCC1COc2c(Cl)cc3c(c2C1)CC(C(C)(C)C)N=C3. The Bertz CT molecular complexity index is 604. The van der Waals surface area contributed by atoms with Crippen molar-refractivity contribution in [1.29, 1.82) is 0 Å². The van der Waals surface area contributed by atoms with E-state index in [0.29, 0.717) is 23.6 Å². The number of methoxy groups -OCH3 is 1. The highest BCUT2D eigenvalue weighted by atomic mass is 35.5. The van der Waals surface area contributed by atoms with Gasteiger partial charge in [0, 0.05) is 24.8 Å². The molecule has 2 unspecified atom stereocenters. The first-order valence-corrected chi connectivity index (χ1v) is 8.27. The molecule has 2 aliphatic rings. The van der Waals surface area contributed by atoms with E-state index >= 15 is 0 Å². The quantitative estimate of drug-likeness (QED) is 0.826. The Balaban J connectivity index is 2.00. The van der Waals surface area contributed by atoms with Crippen LogP contribution in [-0.2, 0) is 17.6 Å². The molecule has 3 rings (SSSR count). The molecule has 0 radical (unpaired) electrons. The van der Waals surface area contributed by atoms with Crippen LogP contribution in [0.25, 0.3) is 0 Å². The Hall–Kier alpha value is -1.06. The van der Waals surface area contributed by atoms with Gasteiger partial charge >= 0.3 is 0 Å². The van der Waals surface area contributed by atoms with Gasteiger partial charge in [0.25, 0.3) is 0 Å². The van der Waals surface area contributed by atoms with E-state index in [0.717, 1.165) is 30.8 Å². The molecular weight excluding hydrogens is 298 g/mol. The molecule has 3 nitrogen and oxygen atoms in total. The van der Waals surface area contributed by atoms with Gasteiger partial charge < -0.3 is 9.47 Å². The van der Waals surface area contributed by atoms with Crippen molar-refractivity contribution in [3.8, 4) is 5.75 Å². The maximum absolute atomic E-state index is 6.41. The number of rotatable bonds is 2. The summed E-state index contributed by atoms with van der Waals surface area (Å²) >= 11 is 6.41. The van der Waals surface area contributed by atoms with Gasteiger partial charge in [0.05, 0.1) is 24.3 Å². The van der Waals surface area contributed by atoms with Crippen LogP contribution in [0.1, 0.15) is 37.5 Å². The molecule has 0 fully saturated rings. The second-order valence-electron chi connectivity index (χ2n) is 7.43. The fraction of sp³-hybridized carbons (Fsp3) is 0.611. The number of fused-ring (bicyclic) bond motifs is 3. The molecule has 120 valence electrons. The van der Waals surface area contributed by atoms with E-state index < -0.39 is 0 Å². The van der Waals surface area contributed by atoms with Crippen molar-refractivity contribution in [1.82, 2.24) is 0 Å². The lowest BCUT2D eigenvalue weighted by atomic mass is 9.78. The molecule has 0 amide bonds. The van der Waals surface area contributed by atoms with Gasteiger partial charge in [0.1, 0.15) is 5.75 Å². The van der Waals surface area contributed by atoms with Crippen molar-refractivity contribution in [2.24, 2.45) is 16.3 Å². The lowest BCUT2D eigenvalue weighted by molar-refractivity contribution is 0.107. The lowest BCUT2D eigenvalue weighted by Gasteiger charge is -2.34. The monoisotopic (exact) mass is 321 g/mol. The van der Waals surface area contributed by atoms with Crippen LogP contribution in [0.5, 0.6) is 5.75 Å². The number of hydrogen-bond acceptors (Lipinski definition) is 3. The fourth-order valence-corrected chi connectivity index (χ4v) is 3.60. The minimum atomic E-state index is 0.155. The van der Waals surface area contributed by atoms with Gasteiger partial charge in [-0.2, -0.15) is 0 Å². The normalized spacial score (nSPS) is 23.7. The Morgan fingerprint density at radius 1 is 1.32 bits per heavy atom. The molecule has 2 heterocycles. The summed E-state index contributed by atoms with van der Waals surface area (Å²) in [5.74, 6) is 1.27. The number of hydrogen-bond donors (Lipinski definition) is 0. The molecule has 0 aliphatic carbocycles. The predicted octanol–water partition coefficient (Wildman–Crippen LogP) is 3.93. The molecule has 0 saturated heterocycles. The van der Waals surface area contributed by atoms with Gasteiger partial charge in [0.15, 0.2) is 0 Å². The number of halogens is 1. The highest BCUT2D eigenvalue weighted by Crippen LogP contribution is 2.41.